The van der Waals surface area contributed by atoms with Crippen molar-refractivity contribution >= 4 is 29.9 Å². The summed E-state index contributed by atoms with van der Waals surface area (Å²) < 4.78 is 10.6. The number of guanidine groups is 1. The molecule has 0 aliphatic rings. The number of nitrogens with zero attached hydrogens (tertiary/aromatic N) is 1. The quantitative estimate of drug-likeness (QED) is 0.285. The molecule has 0 radical (unpaired) electrons. The van der Waals surface area contributed by atoms with Gasteiger partial charge >= 0.3 is 0 Å². The maximum Gasteiger partial charge on any atom is 0.191 e. The number of methoxy groups -OCH3 is 1. The van der Waals surface area contributed by atoms with Gasteiger partial charge in [-0.25, -0.2) is 0 Å². The summed E-state index contributed by atoms with van der Waals surface area (Å²) in [6.07, 6.45) is 0.960. The predicted molar refractivity (Wildman–Crippen MR) is 97.4 cm³/mol. The molecule has 0 aromatic heterocycles. The van der Waals surface area contributed by atoms with Gasteiger partial charge < -0.3 is 20.1 Å². The Labute approximate surface area is 144 Å². The lowest BCUT2D eigenvalue weighted by Crippen LogP contribution is -2.39. The van der Waals surface area contributed by atoms with Gasteiger partial charge in [-0.2, -0.15) is 0 Å². The van der Waals surface area contributed by atoms with E-state index in [0.29, 0.717) is 13.2 Å². The lowest BCUT2D eigenvalue weighted by Gasteiger charge is -2.11. The zero-order chi connectivity index (χ0) is 14.5. The number of aliphatic imine (C=N–C) groups is 1. The van der Waals surface area contributed by atoms with Gasteiger partial charge in [0.25, 0.3) is 0 Å². The monoisotopic (exact) mass is 407 g/mol. The molecule has 0 fully saturated rings. The molecule has 2 N–H and O–H groups in total. The van der Waals surface area contributed by atoms with E-state index >= 15 is 0 Å². The van der Waals surface area contributed by atoms with E-state index in [1.807, 2.05) is 18.2 Å². The molecule has 0 saturated heterocycles. The van der Waals surface area contributed by atoms with E-state index in [1.54, 1.807) is 14.2 Å². The summed E-state index contributed by atoms with van der Waals surface area (Å²) in [5, 5.41) is 6.42. The van der Waals surface area contributed by atoms with E-state index in [0.717, 1.165) is 32.1 Å². The molecule has 5 nitrogen and oxygen atoms in total. The van der Waals surface area contributed by atoms with Gasteiger partial charge in [0, 0.05) is 33.9 Å². The van der Waals surface area contributed by atoms with E-state index in [1.165, 1.54) is 5.56 Å². The Kier molecular flexibility index (Phi) is 13.5. The van der Waals surface area contributed by atoms with Gasteiger partial charge in [0.15, 0.2) is 5.96 Å². The van der Waals surface area contributed by atoms with Crippen LogP contribution in [-0.4, -0.2) is 46.4 Å². The molecule has 0 aliphatic heterocycles. The second-order valence-corrected chi connectivity index (χ2v) is 4.31. The molecule has 1 aromatic rings. The Hall–Kier alpha value is -0.860. The maximum atomic E-state index is 5.59. The van der Waals surface area contributed by atoms with Crippen molar-refractivity contribution in [2.45, 2.75) is 13.0 Å². The van der Waals surface area contributed by atoms with Gasteiger partial charge in [-0.3, -0.25) is 4.99 Å². The molecule has 0 heterocycles. The largest absolute Gasteiger partial charge is 0.385 e. The summed E-state index contributed by atoms with van der Waals surface area (Å²) in [5.41, 5.74) is 1.19. The number of halogens is 1. The lowest BCUT2D eigenvalue weighted by atomic mass is 10.2. The van der Waals surface area contributed by atoms with Gasteiger partial charge in [0.1, 0.15) is 0 Å². The molecule has 1 aromatic carbocycles. The number of rotatable bonds is 9. The third-order valence-corrected chi connectivity index (χ3v) is 2.69. The van der Waals surface area contributed by atoms with Crippen LogP contribution in [0.2, 0.25) is 0 Å². The van der Waals surface area contributed by atoms with Crippen LogP contribution >= 0.6 is 24.0 Å². The van der Waals surface area contributed by atoms with Crippen molar-refractivity contribution in [2.75, 3.05) is 40.5 Å². The topological polar surface area (TPSA) is 54.9 Å². The second kappa shape index (κ2) is 14.1. The Morgan fingerprint density at radius 1 is 1.10 bits per heavy atom. The Balaban J connectivity index is 0.00000400. The van der Waals surface area contributed by atoms with Crippen LogP contribution in [0.15, 0.2) is 35.3 Å². The summed E-state index contributed by atoms with van der Waals surface area (Å²) in [4.78, 5) is 4.14. The van der Waals surface area contributed by atoms with Crippen molar-refractivity contribution in [3.63, 3.8) is 0 Å². The fraction of sp³-hybridized carbons (Fsp3) is 0.533. The van der Waals surface area contributed by atoms with Gasteiger partial charge in [0.2, 0.25) is 0 Å². The smallest absolute Gasteiger partial charge is 0.191 e. The Morgan fingerprint density at radius 2 is 1.81 bits per heavy atom. The van der Waals surface area contributed by atoms with E-state index in [4.69, 9.17) is 9.47 Å². The first-order valence-electron chi connectivity index (χ1n) is 6.92. The van der Waals surface area contributed by atoms with Crippen molar-refractivity contribution in [3.05, 3.63) is 35.9 Å². The molecule has 0 atom stereocenters. The number of benzene rings is 1. The number of hydrogen-bond donors (Lipinski definition) is 2. The first-order valence-corrected chi connectivity index (χ1v) is 6.92. The molecule has 0 unspecified atom stereocenters. The summed E-state index contributed by atoms with van der Waals surface area (Å²) >= 11 is 0. The highest BCUT2D eigenvalue weighted by atomic mass is 127. The molecule has 1 rings (SSSR count). The average molecular weight is 407 g/mol. The van der Waals surface area contributed by atoms with Gasteiger partial charge in [-0.1, -0.05) is 30.3 Å². The van der Waals surface area contributed by atoms with Crippen LogP contribution in [0, 0.1) is 0 Å². The van der Waals surface area contributed by atoms with E-state index in [9.17, 15) is 0 Å². The third-order valence-electron chi connectivity index (χ3n) is 2.69. The van der Waals surface area contributed by atoms with Crippen LogP contribution in [0.1, 0.15) is 12.0 Å². The highest BCUT2D eigenvalue weighted by Gasteiger charge is 1.96. The molecule has 0 spiro atoms. The van der Waals surface area contributed by atoms with Gasteiger partial charge in [-0.05, 0) is 12.0 Å². The highest BCUT2D eigenvalue weighted by Crippen LogP contribution is 1.99. The molecule has 0 aliphatic carbocycles. The minimum Gasteiger partial charge on any atom is -0.385 e. The Morgan fingerprint density at radius 3 is 2.48 bits per heavy atom. The van der Waals surface area contributed by atoms with Crippen LogP contribution in [0.4, 0.5) is 0 Å². The fourth-order valence-electron chi connectivity index (χ4n) is 1.65. The van der Waals surface area contributed by atoms with Crippen molar-refractivity contribution in [1.29, 1.82) is 0 Å². The van der Waals surface area contributed by atoms with Crippen LogP contribution in [-0.2, 0) is 16.1 Å². The molecule has 0 saturated carbocycles. The van der Waals surface area contributed by atoms with Crippen molar-refractivity contribution in [1.82, 2.24) is 10.6 Å². The zero-order valence-corrected chi connectivity index (χ0v) is 15.1. The normalized spacial score (nSPS) is 10.9. The van der Waals surface area contributed by atoms with E-state index < -0.39 is 0 Å². The van der Waals surface area contributed by atoms with Gasteiger partial charge in [-0.15, -0.1) is 24.0 Å². The van der Waals surface area contributed by atoms with Crippen molar-refractivity contribution < 1.29 is 9.47 Å². The van der Waals surface area contributed by atoms with Crippen LogP contribution in [0.5, 0.6) is 0 Å². The molecule has 0 amide bonds. The predicted octanol–water partition coefficient (Wildman–Crippen LogP) is 2.02. The Bertz CT molecular complexity index is 374. The second-order valence-electron chi connectivity index (χ2n) is 4.31. The standard InChI is InChI=1S/C15H25N3O2.HI/c1-16-15(17-9-6-11-19-2)18-10-12-20-13-14-7-4-3-5-8-14;/h3-5,7-8H,6,9-13H2,1-2H3,(H2,16,17,18);1H. The zero-order valence-electron chi connectivity index (χ0n) is 12.8. The SMILES string of the molecule is CN=C(NCCCOC)NCCOCc1ccccc1.I. The molecular weight excluding hydrogens is 381 g/mol. The first-order chi connectivity index (χ1) is 9.86. The molecule has 0 bridgehead atoms. The summed E-state index contributed by atoms with van der Waals surface area (Å²) in [6, 6.07) is 10.2. The molecule has 21 heavy (non-hydrogen) atoms. The highest BCUT2D eigenvalue weighted by molar-refractivity contribution is 14.0. The minimum absolute atomic E-state index is 0. The summed E-state index contributed by atoms with van der Waals surface area (Å²) in [5.74, 6) is 0.796. The van der Waals surface area contributed by atoms with Crippen LogP contribution in [0.3, 0.4) is 0 Å². The lowest BCUT2D eigenvalue weighted by molar-refractivity contribution is 0.125. The number of hydrogen-bond acceptors (Lipinski definition) is 3. The van der Waals surface area contributed by atoms with E-state index in [-0.39, 0.29) is 24.0 Å². The third kappa shape index (κ3) is 10.5. The fourth-order valence-corrected chi connectivity index (χ4v) is 1.65. The number of nitrogens with one attached hydrogen (secondary N) is 2. The summed E-state index contributed by atoms with van der Waals surface area (Å²) in [7, 11) is 3.47. The van der Waals surface area contributed by atoms with Crippen molar-refractivity contribution in [2.24, 2.45) is 4.99 Å². The first kappa shape index (κ1) is 20.1. The van der Waals surface area contributed by atoms with Crippen LogP contribution < -0.4 is 10.6 Å². The molecule has 120 valence electrons. The summed E-state index contributed by atoms with van der Waals surface area (Å²) in [6.45, 7) is 3.62. The van der Waals surface area contributed by atoms with Crippen LogP contribution in [0.25, 0.3) is 0 Å². The van der Waals surface area contributed by atoms with Gasteiger partial charge in [0.05, 0.1) is 13.2 Å². The molecule has 6 heteroatoms. The minimum atomic E-state index is 0. The molecular formula is C15H26IN3O2. The van der Waals surface area contributed by atoms with E-state index in [2.05, 4.69) is 27.8 Å². The number of ether oxygens (including phenoxy) is 2. The average Bonchev–Trinajstić information content (AvgIpc) is 2.50. The maximum absolute atomic E-state index is 5.59. The van der Waals surface area contributed by atoms with Crippen molar-refractivity contribution in [3.8, 4) is 0 Å².